The molecule has 0 fully saturated rings. The molecule has 0 amide bonds. The molecule has 86 valence electrons. The molecule has 4 N–H and O–H groups in total. The monoisotopic (exact) mass is 257 g/mol. The van der Waals surface area contributed by atoms with E-state index in [0.717, 1.165) is 4.80 Å². The predicted molar refractivity (Wildman–Crippen MR) is 47.9 cm³/mol. The fourth-order valence-electron chi connectivity index (χ4n) is 0.892. The Hall–Kier alpha value is -0.560. The normalized spacial score (nSPS) is 13.4. The minimum Gasteiger partial charge on any atom is -0.324 e. The van der Waals surface area contributed by atoms with Crippen LogP contribution < -0.4 is 0 Å². The zero-order chi connectivity index (χ0) is 11.7. The van der Waals surface area contributed by atoms with Crippen molar-refractivity contribution in [2.45, 2.75) is 11.9 Å². The molecule has 11 heteroatoms. The minimum atomic E-state index is -4.90. The van der Waals surface area contributed by atoms with Gasteiger partial charge in [0.15, 0.2) is 5.40 Å². The summed E-state index contributed by atoms with van der Waals surface area (Å²) in [6, 6.07) is 0. The first-order valence-electron chi connectivity index (χ1n) is 3.66. The first-order chi connectivity index (χ1) is 6.71. The first-order valence-corrected chi connectivity index (χ1v) is 7.02. The van der Waals surface area contributed by atoms with Gasteiger partial charge in [-0.3, -0.25) is 9.13 Å². The Morgan fingerprint density at radius 1 is 1.07 bits per heavy atom. The van der Waals surface area contributed by atoms with Crippen molar-refractivity contribution in [2.75, 3.05) is 0 Å². The Bertz CT molecular complexity index is 384. The van der Waals surface area contributed by atoms with Gasteiger partial charge in [-0.2, -0.15) is 15.0 Å². The van der Waals surface area contributed by atoms with Crippen LogP contribution in [0, 0.1) is 0 Å². The smallest absolute Gasteiger partial charge is 0.324 e. The molecule has 0 bridgehead atoms. The molecule has 0 spiro atoms. The molecule has 1 heterocycles. The van der Waals surface area contributed by atoms with Gasteiger partial charge in [-0.05, 0) is 0 Å². The van der Waals surface area contributed by atoms with E-state index in [2.05, 4.69) is 10.2 Å². The molecule has 1 rings (SSSR count). The zero-order valence-corrected chi connectivity index (χ0v) is 9.07. The number of hydrogen-bond donors (Lipinski definition) is 4. The Labute approximate surface area is 84.1 Å². The van der Waals surface area contributed by atoms with Crippen LogP contribution in [0.15, 0.2) is 12.4 Å². The highest BCUT2D eigenvalue weighted by Crippen LogP contribution is 2.60. The molecule has 15 heavy (non-hydrogen) atoms. The number of rotatable bonds is 4. The van der Waals surface area contributed by atoms with Gasteiger partial charge in [0.1, 0.15) is 0 Å². The molecule has 0 radical (unpaired) electrons. The molecule has 0 saturated carbocycles. The third kappa shape index (κ3) is 3.49. The van der Waals surface area contributed by atoms with Crippen LogP contribution in [0.5, 0.6) is 0 Å². The van der Waals surface area contributed by atoms with Crippen LogP contribution in [0.25, 0.3) is 0 Å². The molecule has 0 aliphatic carbocycles. The van der Waals surface area contributed by atoms with E-state index in [1.807, 2.05) is 0 Å². The van der Waals surface area contributed by atoms with Crippen LogP contribution in [0.2, 0.25) is 0 Å². The average Bonchev–Trinajstić information content (AvgIpc) is 2.46. The van der Waals surface area contributed by atoms with Gasteiger partial charge < -0.3 is 19.6 Å². The highest BCUT2D eigenvalue weighted by molar-refractivity contribution is 7.70. The summed E-state index contributed by atoms with van der Waals surface area (Å²) < 4.78 is 21.7. The molecule has 1 aromatic rings. The van der Waals surface area contributed by atoms with Crippen LogP contribution in [-0.4, -0.2) is 40.0 Å². The summed E-state index contributed by atoms with van der Waals surface area (Å²) in [4.78, 5) is 35.9. The summed E-state index contributed by atoms with van der Waals surface area (Å²) >= 11 is 0. The summed E-state index contributed by atoms with van der Waals surface area (Å²) in [5, 5.41) is 4.89. The molecule has 1 aromatic heterocycles. The van der Waals surface area contributed by atoms with E-state index >= 15 is 0 Å². The molecule has 0 atom stereocenters. The standard InChI is InChI=1S/C4H9N3O6P2/c8-14(9,10)4(15(11,12)13)3-7-5-1-2-6-7/h1-2,4H,3H2,(H2,8,9,10)(H2,11,12,13). The van der Waals surface area contributed by atoms with Gasteiger partial charge in [-0.1, -0.05) is 0 Å². The second-order valence-corrected chi connectivity index (χ2v) is 6.75. The van der Waals surface area contributed by atoms with E-state index in [1.165, 1.54) is 12.4 Å². The van der Waals surface area contributed by atoms with Crippen LogP contribution in [0.1, 0.15) is 0 Å². The van der Waals surface area contributed by atoms with Crippen LogP contribution >= 0.6 is 15.2 Å². The Balaban J connectivity index is 2.95. The maximum absolute atomic E-state index is 10.8. The van der Waals surface area contributed by atoms with Crippen molar-refractivity contribution in [3.8, 4) is 0 Å². The van der Waals surface area contributed by atoms with Gasteiger partial charge in [0, 0.05) is 0 Å². The van der Waals surface area contributed by atoms with Crippen molar-refractivity contribution in [3.63, 3.8) is 0 Å². The maximum atomic E-state index is 10.8. The van der Waals surface area contributed by atoms with Gasteiger partial charge in [-0.15, -0.1) is 0 Å². The van der Waals surface area contributed by atoms with E-state index in [-0.39, 0.29) is 0 Å². The number of nitrogens with zero attached hydrogens (tertiary/aromatic N) is 3. The minimum absolute atomic E-state index is 0.637. The highest BCUT2D eigenvalue weighted by atomic mass is 31.2. The van der Waals surface area contributed by atoms with E-state index in [9.17, 15) is 9.13 Å². The molecule has 0 aromatic carbocycles. The number of aromatic nitrogens is 3. The number of hydrogen-bond acceptors (Lipinski definition) is 4. The summed E-state index contributed by atoms with van der Waals surface area (Å²) in [6.07, 6.45) is 2.47. The Morgan fingerprint density at radius 3 is 1.80 bits per heavy atom. The first kappa shape index (κ1) is 12.5. The van der Waals surface area contributed by atoms with Crippen molar-refractivity contribution in [1.82, 2.24) is 15.0 Å². The van der Waals surface area contributed by atoms with E-state index in [0.29, 0.717) is 0 Å². The fourth-order valence-corrected chi connectivity index (χ4v) is 3.18. The Morgan fingerprint density at radius 2 is 1.47 bits per heavy atom. The highest BCUT2D eigenvalue weighted by Gasteiger charge is 2.44. The SMILES string of the molecule is O=P(O)(O)C(Cn1nccn1)P(=O)(O)O. The summed E-state index contributed by atoms with van der Waals surface area (Å²) in [6.45, 7) is -0.637. The molecule has 9 nitrogen and oxygen atoms in total. The lowest BCUT2D eigenvalue weighted by atomic mass is 10.8. The van der Waals surface area contributed by atoms with Gasteiger partial charge in [0.2, 0.25) is 0 Å². The second kappa shape index (κ2) is 4.13. The van der Waals surface area contributed by atoms with Crippen molar-refractivity contribution < 1.29 is 28.7 Å². The lowest BCUT2D eigenvalue weighted by molar-refractivity contribution is 0.326. The zero-order valence-electron chi connectivity index (χ0n) is 7.28. The molecular weight excluding hydrogens is 248 g/mol. The van der Waals surface area contributed by atoms with Crippen LogP contribution in [0.3, 0.4) is 0 Å². The average molecular weight is 257 g/mol. The van der Waals surface area contributed by atoms with E-state index in [4.69, 9.17) is 19.6 Å². The van der Waals surface area contributed by atoms with Crippen molar-refractivity contribution >= 4 is 15.2 Å². The Kier molecular flexibility index (Phi) is 3.44. The summed E-state index contributed by atoms with van der Waals surface area (Å²) in [7, 11) is -9.80. The van der Waals surface area contributed by atoms with Crippen molar-refractivity contribution in [3.05, 3.63) is 12.4 Å². The largest absolute Gasteiger partial charge is 0.342 e. The maximum Gasteiger partial charge on any atom is 0.342 e. The summed E-state index contributed by atoms with van der Waals surface area (Å²) in [5.41, 5.74) is 0. The predicted octanol–water partition coefficient (Wildman–Crippen LogP) is -1.04. The third-order valence-corrected chi connectivity index (χ3v) is 5.25. The van der Waals surface area contributed by atoms with Gasteiger partial charge in [-0.25, -0.2) is 0 Å². The lowest BCUT2D eigenvalue weighted by Crippen LogP contribution is -2.19. The third-order valence-electron chi connectivity index (χ3n) is 1.57. The van der Waals surface area contributed by atoms with E-state index in [1.54, 1.807) is 0 Å². The molecule has 0 unspecified atom stereocenters. The van der Waals surface area contributed by atoms with Crippen molar-refractivity contribution in [1.29, 1.82) is 0 Å². The molecule has 0 aliphatic rings. The summed E-state index contributed by atoms with van der Waals surface area (Å²) in [5.74, 6) is 0. The van der Waals surface area contributed by atoms with E-state index < -0.39 is 27.1 Å². The van der Waals surface area contributed by atoms with Gasteiger partial charge >= 0.3 is 15.2 Å². The quantitative estimate of drug-likeness (QED) is 0.500. The van der Waals surface area contributed by atoms with Crippen molar-refractivity contribution in [2.24, 2.45) is 0 Å². The molecule has 0 saturated heterocycles. The van der Waals surface area contributed by atoms with Gasteiger partial charge in [0.25, 0.3) is 0 Å². The van der Waals surface area contributed by atoms with Gasteiger partial charge in [0.05, 0.1) is 18.9 Å². The second-order valence-electron chi connectivity index (χ2n) is 2.74. The van der Waals surface area contributed by atoms with Crippen LogP contribution in [-0.2, 0) is 15.7 Å². The lowest BCUT2D eigenvalue weighted by Gasteiger charge is -2.18. The molecule has 0 aliphatic heterocycles. The molecular formula is C4H9N3O6P2. The van der Waals surface area contributed by atoms with Crippen LogP contribution in [0.4, 0.5) is 0 Å². The fraction of sp³-hybridized carbons (Fsp3) is 0.500. The topological polar surface area (TPSA) is 146 Å².